The van der Waals surface area contributed by atoms with Gasteiger partial charge in [0.15, 0.2) is 0 Å². The molecule has 2 aliphatic heterocycles. The molecule has 0 spiro atoms. The van der Waals surface area contributed by atoms with E-state index in [4.69, 9.17) is 10.5 Å². The molecule has 40 heavy (non-hydrogen) atoms. The van der Waals surface area contributed by atoms with Gasteiger partial charge < -0.3 is 25.6 Å². The fourth-order valence-electron chi connectivity index (χ4n) is 5.49. The highest BCUT2D eigenvalue weighted by atomic mass is 19.1. The van der Waals surface area contributed by atoms with E-state index >= 15 is 13.2 Å². The summed E-state index contributed by atoms with van der Waals surface area (Å²) in [6.07, 6.45) is 4.54. The Morgan fingerprint density at radius 2 is 1.77 bits per heavy atom. The van der Waals surface area contributed by atoms with Crippen LogP contribution in [0.25, 0.3) is 11.1 Å². The van der Waals surface area contributed by atoms with Gasteiger partial charge in [-0.3, -0.25) is 9.78 Å². The predicted molar refractivity (Wildman–Crippen MR) is 146 cm³/mol. The number of nitrogens with two attached hydrogens (primary N) is 1. The highest BCUT2D eigenvalue weighted by Crippen LogP contribution is 2.36. The summed E-state index contributed by atoms with van der Waals surface area (Å²) in [7, 11) is 0. The Hall–Kier alpha value is -3.70. The summed E-state index contributed by atoms with van der Waals surface area (Å²) in [4.78, 5) is 21.0. The second-order valence-electron chi connectivity index (χ2n) is 10.4. The number of nitrogens with one attached hydrogen (secondary N) is 1. The van der Waals surface area contributed by atoms with E-state index in [-0.39, 0.29) is 11.7 Å². The molecule has 0 bridgehead atoms. The van der Waals surface area contributed by atoms with Crippen molar-refractivity contribution in [1.29, 1.82) is 0 Å². The molecule has 3 heterocycles. The van der Waals surface area contributed by atoms with Crippen LogP contribution in [0.1, 0.15) is 30.1 Å². The second kappa shape index (κ2) is 11.8. The fraction of sp³-hybridized carbons (Fsp3) is 0.379. The van der Waals surface area contributed by atoms with Crippen molar-refractivity contribution in [3.63, 3.8) is 0 Å². The molecule has 7 nitrogen and oxygen atoms in total. The number of benzene rings is 2. The second-order valence-corrected chi connectivity index (χ2v) is 10.4. The monoisotopic (exact) mass is 557 g/mol. The van der Waals surface area contributed by atoms with Gasteiger partial charge in [-0.05, 0) is 49.1 Å². The van der Waals surface area contributed by atoms with Crippen LogP contribution in [0.15, 0.2) is 42.7 Å². The maximum atomic E-state index is 15.7. The van der Waals surface area contributed by atoms with Crippen LogP contribution in [0.5, 0.6) is 0 Å². The van der Waals surface area contributed by atoms with Gasteiger partial charge in [0, 0.05) is 50.7 Å². The molecule has 0 radical (unpaired) electrons. The molecule has 2 aromatic carbocycles. The number of pyridine rings is 1. The normalized spacial score (nSPS) is 19.9. The van der Waals surface area contributed by atoms with Crippen molar-refractivity contribution in [2.45, 2.75) is 25.8 Å². The SMILES string of the molecule is C[C@@H]1C[C@H](N)CN(c2ccncc2NC(=O)c2ccc(F)c(-c3c(F)cc(N4CCCOCC4)cc3F)c2F)C1. The Bertz CT molecular complexity index is 1360. The maximum absolute atomic E-state index is 15.7. The van der Waals surface area contributed by atoms with Gasteiger partial charge in [-0.25, -0.2) is 17.6 Å². The molecule has 3 N–H and O–H groups in total. The third-order valence-electron chi connectivity index (χ3n) is 7.28. The number of hydrogen-bond acceptors (Lipinski definition) is 6. The largest absolute Gasteiger partial charge is 0.380 e. The first-order valence-electron chi connectivity index (χ1n) is 13.3. The van der Waals surface area contributed by atoms with Gasteiger partial charge in [0.05, 0.1) is 40.9 Å². The molecular weight excluding hydrogens is 526 g/mol. The molecule has 3 aromatic rings. The number of carbonyl (C=O) groups excluding carboxylic acids is 1. The van der Waals surface area contributed by atoms with Crippen LogP contribution in [0.3, 0.4) is 0 Å². The summed E-state index contributed by atoms with van der Waals surface area (Å²) < 4.78 is 66.5. The van der Waals surface area contributed by atoms with Crippen molar-refractivity contribution in [3.05, 3.63) is 71.6 Å². The topological polar surface area (TPSA) is 83.7 Å². The lowest BCUT2D eigenvalue weighted by molar-refractivity contribution is 0.102. The lowest BCUT2D eigenvalue weighted by atomic mass is 9.96. The first-order valence-corrected chi connectivity index (χ1v) is 13.3. The number of anilines is 3. The summed E-state index contributed by atoms with van der Waals surface area (Å²) in [5.74, 6) is -5.43. The third kappa shape index (κ3) is 5.75. The molecular formula is C29H31F4N5O2. The van der Waals surface area contributed by atoms with E-state index in [9.17, 15) is 9.18 Å². The standard InChI is InChI=1S/C29H31F4N5O2/c1-17-11-18(34)16-38(15-17)25-5-6-35-14-24(25)36-29(39)20-3-4-21(30)27(28(20)33)26-22(31)12-19(13-23(26)32)37-7-2-9-40-10-8-37/h3-6,12-14,17-18H,2,7-11,15-16,34H2,1H3,(H,36,39)/t17-,18+/m1/s1. The number of hydrogen-bond donors (Lipinski definition) is 2. The number of amides is 1. The zero-order valence-corrected chi connectivity index (χ0v) is 22.1. The number of carbonyl (C=O) groups is 1. The van der Waals surface area contributed by atoms with Crippen LogP contribution >= 0.6 is 0 Å². The van der Waals surface area contributed by atoms with Gasteiger partial charge in [0.2, 0.25) is 0 Å². The minimum Gasteiger partial charge on any atom is -0.380 e. The van der Waals surface area contributed by atoms with E-state index in [1.54, 1.807) is 17.2 Å². The zero-order chi connectivity index (χ0) is 28.4. The highest BCUT2D eigenvalue weighted by Gasteiger charge is 2.28. The summed E-state index contributed by atoms with van der Waals surface area (Å²) in [6.45, 7) is 5.22. The number of rotatable bonds is 5. The first-order chi connectivity index (χ1) is 19.2. The smallest absolute Gasteiger partial charge is 0.258 e. The van der Waals surface area contributed by atoms with Crippen molar-refractivity contribution < 1.29 is 27.1 Å². The molecule has 1 amide bonds. The highest BCUT2D eigenvalue weighted by molar-refractivity contribution is 6.06. The number of ether oxygens (including phenoxy) is 1. The number of nitrogens with zero attached hydrogens (tertiary/aromatic N) is 3. The molecule has 2 aliphatic rings. The van der Waals surface area contributed by atoms with Gasteiger partial charge in [-0.1, -0.05) is 6.92 Å². The molecule has 11 heteroatoms. The molecule has 2 saturated heterocycles. The fourth-order valence-corrected chi connectivity index (χ4v) is 5.49. The summed E-state index contributed by atoms with van der Waals surface area (Å²) in [5, 5.41) is 2.63. The van der Waals surface area contributed by atoms with Crippen LogP contribution in [-0.4, -0.2) is 56.3 Å². The molecule has 5 rings (SSSR count). The van der Waals surface area contributed by atoms with Gasteiger partial charge in [0.25, 0.3) is 5.91 Å². The van der Waals surface area contributed by atoms with Gasteiger partial charge in [0.1, 0.15) is 23.3 Å². The van der Waals surface area contributed by atoms with Crippen molar-refractivity contribution in [1.82, 2.24) is 4.98 Å². The zero-order valence-electron chi connectivity index (χ0n) is 22.1. The summed E-state index contributed by atoms with van der Waals surface area (Å²) in [5.41, 5.74) is 5.00. The van der Waals surface area contributed by atoms with Gasteiger partial charge >= 0.3 is 0 Å². The molecule has 0 saturated carbocycles. The Balaban J connectivity index is 1.45. The van der Waals surface area contributed by atoms with Crippen molar-refractivity contribution >= 4 is 23.0 Å². The molecule has 2 fully saturated rings. The van der Waals surface area contributed by atoms with Crippen LogP contribution in [0.2, 0.25) is 0 Å². The molecule has 0 unspecified atom stereocenters. The van der Waals surface area contributed by atoms with Gasteiger partial charge in [-0.2, -0.15) is 0 Å². The Kier molecular flexibility index (Phi) is 8.22. The van der Waals surface area contributed by atoms with Crippen molar-refractivity contribution in [2.24, 2.45) is 11.7 Å². The lowest BCUT2D eigenvalue weighted by Crippen LogP contribution is -2.46. The summed E-state index contributed by atoms with van der Waals surface area (Å²) >= 11 is 0. The third-order valence-corrected chi connectivity index (χ3v) is 7.28. The van der Waals surface area contributed by atoms with Crippen molar-refractivity contribution in [3.8, 4) is 11.1 Å². The van der Waals surface area contributed by atoms with Crippen LogP contribution in [0, 0.1) is 29.2 Å². The van der Waals surface area contributed by atoms with E-state index in [1.807, 2.05) is 4.90 Å². The average Bonchev–Trinajstić information content (AvgIpc) is 3.19. The first kappa shape index (κ1) is 27.9. The molecule has 212 valence electrons. The molecule has 1 aromatic heterocycles. The molecule has 0 aliphatic carbocycles. The summed E-state index contributed by atoms with van der Waals surface area (Å²) in [6, 6.07) is 5.52. The van der Waals surface area contributed by atoms with E-state index in [2.05, 4.69) is 17.2 Å². The average molecular weight is 558 g/mol. The quantitative estimate of drug-likeness (QED) is 0.432. The van der Waals surface area contributed by atoms with E-state index in [0.717, 1.165) is 30.7 Å². The minimum absolute atomic E-state index is 0.0542. The Morgan fingerprint density at radius 3 is 2.52 bits per heavy atom. The predicted octanol–water partition coefficient (Wildman–Crippen LogP) is 4.96. The van der Waals surface area contributed by atoms with E-state index in [0.29, 0.717) is 63.1 Å². The van der Waals surface area contributed by atoms with Crippen LogP contribution < -0.4 is 20.9 Å². The lowest BCUT2D eigenvalue weighted by Gasteiger charge is -2.37. The van der Waals surface area contributed by atoms with Crippen LogP contribution in [-0.2, 0) is 4.74 Å². The maximum Gasteiger partial charge on any atom is 0.258 e. The Labute approximate surface area is 229 Å². The Morgan fingerprint density at radius 1 is 1.00 bits per heavy atom. The van der Waals surface area contributed by atoms with Crippen LogP contribution in [0.4, 0.5) is 34.6 Å². The van der Waals surface area contributed by atoms with E-state index in [1.165, 1.54) is 6.20 Å². The number of halogens is 4. The van der Waals surface area contributed by atoms with Crippen molar-refractivity contribution in [2.75, 3.05) is 54.5 Å². The molecule has 2 atom stereocenters. The number of aromatic nitrogens is 1. The van der Waals surface area contributed by atoms with Gasteiger partial charge in [-0.15, -0.1) is 0 Å². The van der Waals surface area contributed by atoms with E-state index < -0.39 is 45.9 Å². The minimum atomic E-state index is -1.37. The number of piperidine rings is 1.